The Morgan fingerprint density at radius 3 is 2.85 bits per heavy atom. The predicted molar refractivity (Wildman–Crippen MR) is 105 cm³/mol. The second-order valence-electron chi connectivity index (χ2n) is 7.28. The molecular formula is C22H21N3O2. The second-order valence-corrected chi connectivity index (χ2v) is 7.28. The lowest BCUT2D eigenvalue weighted by molar-refractivity contribution is 0.0674. The number of para-hydroxylation sites is 3. The molecule has 3 heterocycles. The van der Waals surface area contributed by atoms with E-state index in [1.54, 1.807) is 0 Å². The van der Waals surface area contributed by atoms with Gasteiger partial charge in [0.25, 0.3) is 5.91 Å². The Kier molecular flexibility index (Phi) is 3.74. The average molecular weight is 359 g/mol. The normalized spacial score (nSPS) is 17.7. The topological polar surface area (TPSA) is 62.1 Å². The first-order valence-electron chi connectivity index (χ1n) is 9.43. The Balaban J connectivity index is 1.43. The highest BCUT2D eigenvalue weighted by Crippen LogP contribution is 2.30. The van der Waals surface area contributed by atoms with E-state index < -0.39 is 0 Å². The third kappa shape index (κ3) is 2.70. The van der Waals surface area contributed by atoms with Crippen LogP contribution in [0.2, 0.25) is 0 Å². The van der Waals surface area contributed by atoms with Crippen LogP contribution in [0, 0.1) is 6.92 Å². The van der Waals surface area contributed by atoms with Gasteiger partial charge >= 0.3 is 0 Å². The van der Waals surface area contributed by atoms with Crippen molar-refractivity contribution < 1.29 is 9.21 Å². The van der Waals surface area contributed by atoms with E-state index in [4.69, 9.17) is 9.40 Å². The van der Waals surface area contributed by atoms with Crippen molar-refractivity contribution in [3.8, 4) is 0 Å². The van der Waals surface area contributed by atoms with E-state index in [1.165, 1.54) is 0 Å². The van der Waals surface area contributed by atoms with E-state index in [2.05, 4.69) is 4.98 Å². The summed E-state index contributed by atoms with van der Waals surface area (Å²) in [7, 11) is 0. The first-order valence-corrected chi connectivity index (χ1v) is 9.43. The first-order chi connectivity index (χ1) is 13.2. The maximum Gasteiger partial charge on any atom is 0.289 e. The summed E-state index contributed by atoms with van der Waals surface area (Å²) in [5, 5.41) is 1.01. The molecule has 4 aromatic rings. The Morgan fingerprint density at radius 2 is 2.00 bits per heavy atom. The van der Waals surface area contributed by atoms with Gasteiger partial charge in [-0.05, 0) is 38.0 Å². The number of carbonyl (C=O) groups is 1. The predicted octanol–water partition coefficient (Wildman–Crippen LogP) is 4.64. The lowest BCUT2D eigenvalue weighted by atomic mass is 9.97. The van der Waals surface area contributed by atoms with Crippen LogP contribution < -0.4 is 0 Å². The number of aromatic nitrogens is 2. The van der Waals surface area contributed by atoms with Gasteiger partial charge in [0, 0.05) is 30.0 Å². The van der Waals surface area contributed by atoms with Gasteiger partial charge in [-0.2, -0.15) is 0 Å². The molecule has 1 amide bonds. The lowest BCUT2D eigenvalue weighted by Gasteiger charge is -2.31. The van der Waals surface area contributed by atoms with Crippen molar-refractivity contribution in [1.82, 2.24) is 14.9 Å². The Hall–Kier alpha value is -3.08. The fourth-order valence-electron chi connectivity index (χ4n) is 4.07. The number of hydrogen-bond acceptors (Lipinski definition) is 3. The number of imidazole rings is 1. The smallest absolute Gasteiger partial charge is 0.289 e. The summed E-state index contributed by atoms with van der Waals surface area (Å²) < 4.78 is 5.89. The van der Waals surface area contributed by atoms with E-state index in [-0.39, 0.29) is 11.8 Å². The van der Waals surface area contributed by atoms with Crippen molar-refractivity contribution in [2.45, 2.75) is 25.7 Å². The van der Waals surface area contributed by atoms with Gasteiger partial charge < -0.3 is 14.3 Å². The number of nitrogens with one attached hydrogen (secondary N) is 1. The summed E-state index contributed by atoms with van der Waals surface area (Å²) in [4.78, 5) is 23.2. The van der Waals surface area contributed by atoms with E-state index in [9.17, 15) is 4.79 Å². The molecule has 0 aliphatic carbocycles. The average Bonchev–Trinajstić information content (AvgIpc) is 3.29. The number of furan rings is 1. The number of carbonyl (C=O) groups excluding carboxylic acids is 1. The van der Waals surface area contributed by atoms with Crippen molar-refractivity contribution >= 4 is 27.9 Å². The van der Waals surface area contributed by atoms with Crippen LogP contribution in [-0.4, -0.2) is 33.9 Å². The number of H-pyrrole nitrogens is 1. The Morgan fingerprint density at radius 1 is 1.19 bits per heavy atom. The minimum absolute atomic E-state index is 0.0236. The number of hydrogen-bond donors (Lipinski definition) is 1. The molecule has 0 bridgehead atoms. The monoisotopic (exact) mass is 359 g/mol. The number of piperidine rings is 1. The van der Waals surface area contributed by atoms with Gasteiger partial charge in [-0.1, -0.05) is 30.3 Å². The SMILES string of the molecule is Cc1c(C(=O)N2CCCC(c3nc4ccccc4[nH]3)C2)oc2ccccc12. The van der Waals surface area contributed by atoms with Crippen molar-refractivity contribution in [1.29, 1.82) is 0 Å². The number of benzene rings is 2. The van der Waals surface area contributed by atoms with Crippen LogP contribution in [-0.2, 0) is 0 Å². The van der Waals surface area contributed by atoms with Crippen LogP contribution in [0.15, 0.2) is 52.9 Å². The van der Waals surface area contributed by atoms with E-state index in [0.29, 0.717) is 12.3 Å². The molecular weight excluding hydrogens is 338 g/mol. The first kappa shape index (κ1) is 16.1. The van der Waals surface area contributed by atoms with Crippen LogP contribution in [0.3, 0.4) is 0 Å². The molecule has 1 unspecified atom stereocenters. The molecule has 1 fully saturated rings. The van der Waals surface area contributed by atoms with Gasteiger partial charge in [0.1, 0.15) is 11.4 Å². The van der Waals surface area contributed by atoms with Gasteiger partial charge in [-0.25, -0.2) is 4.98 Å². The van der Waals surface area contributed by atoms with Crippen molar-refractivity contribution in [2.24, 2.45) is 0 Å². The molecule has 0 saturated carbocycles. The number of fused-ring (bicyclic) bond motifs is 2. The summed E-state index contributed by atoms with van der Waals surface area (Å²) in [6, 6.07) is 15.9. The maximum absolute atomic E-state index is 13.1. The summed E-state index contributed by atoms with van der Waals surface area (Å²) in [6.45, 7) is 3.38. The number of amides is 1. The molecule has 27 heavy (non-hydrogen) atoms. The van der Waals surface area contributed by atoms with Crippen LogP contribution >= 0.6 is 0 Å². The molecule has 1 N–H and O–H groups in total. The molecule has 1 aliphatic rings. The van der Waals surface area contributed by atoms with Crippen LogP contribution in [0.5, 0.6) is 0 Å². The van der Waals surface area contributed by atoms with Gasteiger partial charge in [-0.15, -0.1) is 0 Å². The highest BCUT2D eigenvalue weighted by molar-refractivity contribution is 5.99. The summed E-state index contributed by atoms with van der Waals surface area (Å²) >= 11 is 0. The summed E-state index contributed by atoms with van der Waals surface area (Å²) in [6.07, 6.45) is 2.00. The van der Waals surface area contributed by atoms with Gasteiger partial charge in [0.15, 0.2) is 5.76 Å². The summed E-state index contributed by atoms with van der Waals surface area (Å²) in [5.41, 5.74) is 3.71. The molecule has 2 aromatic heterocycles. The number of aromatic amines is 1. The van der Waals surface area contributed by atoms with Crippen molar-refractivity contribution in [3.05, 3.63) is 65.7 Å². The molecule has 5 heteroatoms. The Bertz CT molecular complexity index is 1110. The number of aryl methyl sites for hydroxylation is 1. The zero-order chi connectivity index (χ0) is 18.4. The fourth-order valence-corrected chi connectivity index (χ4v) is 4.07. The number of likely N-dealkylation sites (tertiary alicyclic amines) is 1. The highest BCUT2D eigenvalue weighted by atomic mass is 16.3. The third-order valence-corrected chi connectivity index (χ3v) is 5.54. The van der Waals surface area contributed by atoms with Crippen LogP contribution in [0.4, 0.5) is 0 Å². The zero-order valence-corrected chi connectivity index (χ0v) is 15.2. The molecule has 5 nitrogen and oxygen atoms in total. The molecule has 1 saturated heterocycles. The van der Waals surface area contributed by atoms with Crippen molar-refractivity contribution in [2.75, 3.05) is 13.1 Å². The van der Waals surface area contributed by atoms with Crippen LogP contribution in [0.1, 0.15) is 40.7 Å². The van der Waals surface area contributed by atoms with E-state index in [0.717, 1.165) is 52.8 Å². The van der Waals surface area contributed by atoms with E-state index in [1.807, 2.05) is 60.4 Å². The molecule has 1 aliphatic heterocycles. The second kappa shape index (κ2) is 6.27. The number of rotatable bonds is 2. The highest BCUT2D eigenvalue weighted by Gasteiger charge is 2.30. The van der Waals surface area contributed by atoms with Gasteiger partial charge in [-0.3, -0.25) is 4.79 Å². The lowest BCUT2D eigenvalue weighted by Crippen LogP contribution is -2.39. The van der Waals surface area contributed by atoms with Crippen LogP contribution in [0.25, 0.3) is 22.0 Å². The molecule has 5 rings (SSSR count). The maximum atomic E-state index is 13.1. The van der Waals surface area contributed by atoms with Gasteiger partial charge in [0.2, 0.25) is 0 Å². The minimum Gasteiger partial charge on any atom is -0.451 e. The summed E-state index contributed by atoms with van der Waals surface area (Å²) in [5.74, 6) is 1.63. The molecule has 136 valence electrons. The third-order valence-electron chi connectivity index (χ3n) is 5.54. The molecule has 2 aromatic carbocycles. The zero-order valence-electron chi connectivity index (χ0n) is 15.2. The minimum atomic E-state index is -0.0236. The molecule has 0 spiro atoms. The Labute approximate surface area is 157 Å². The van der Waals surface area contributed by atoms with Crippen molar-refractivity contribution in [3.63, 3.8) is 0 Å². The largest absolute Gasteiger partial charge is 0.451 e. The van der Waals surface area contributed by atoms with E-state index >= 15 is 0 Å². The number of nitrogens with zero attached hydrogens (tertiary/aromatic N) is 2. The standard InChI is InChI=1S/C22H21N3O2/c1-14-16-8-2-5-11-19(16)27-20(14)22(26)25-12-6-7-15(13-25)21-23-17-9-3-4-10-18(17)24-21/h2-5,8-11,15H,6-7,12-13H2,1H3,(H,23,24). The fraction of sp³-hybridized carbons (Fsp3) is 0.273. The molecule has 0 radical (unpaired) electrons. The van der Waals surface area contributed by atoms with Gasteiger partial charge in [0.05, 0.1) is 11.0 Å². The quantitative estimate of drug-likeness (QED) is 0.567. The molecule has 1 atom stereocenters.